The molecule has 0 bridgehead atoms. The van der Waals surface area contributed by atoms with Crippen molar-refractivity contribution in [3.05, 3.63) is 11.9 Å². The van der Waals surface area contributed by atoms with Crippen LogP contribution in [0.1, 0.15) is 59.7 Å². The predicted octanol–water partition coefficient (Wildman–Crippen LogP) is 3.90. The van der Waals surface area contributed by atoms with Gasteiger partial charge in [0, 0.05) is 31.6 Å². The summed E-state index contributed by atoms with van der Waals surface area (Å²) < 4.78 is 0. The van der Waals surface area contributed by atoms with Gasteiger partial charge in [0.25, 0.3) is 0 Å². The molecule has 0 aromatic carbocycles. The molecule has 1 N–H and O–H groups in total. The van der Waals surface area contributed by atoms with Gasteiger partial charge in [0.2, 0.25) is 0 Å². The number of hydrogen-bond donors (Lipinski definition) is 1. The maximum atomic E-state index is 4.72. The van der Waals surface area contributed by atoms with E-state index in [4.69, 9.17) is 4.98 Å². The van der Waals surface area contributed by atoms with Crippen molar-refractivity contribution in [2.24, 2.45) is 5.92 Å². The van der Waals surface area contributed by atoms with Crippen molar-refractivity contribution in [1.82, 2.24) is 9.97 Å². The molecular weight excluding hydrogens is 248 g/mol. The number of anilines is 2. The molecule has 1 rings (SSSR count). The van der Waals surface area contributed by atoms with Gasteiger partial charge in [-0.25, -0.2) is 9.97 Å². The van der Waals surface area contributed by atoms with Crippen LogP contribution in [-0.4, -0.2) is 29.6 Å². The second kappa shape index (κ2) is 7.46. The molecule has 0 aliphatic heterocycles. The zero-order valence-electron chi connectivity index (χ0n) is 14.1. The van der Waals surface area contributed by atoms with Gasteiger partial charge >= 0.3 is 0 Å². The number of aromatic nitrogens is 2. The summed E-state index contributed by atoms with van der Waals surface area (Å²) >= 11 is 0. The molecular formula is C16H30N4. The molecule has 0 amide bonds. The van der Waals surface area contributed by atoms with E-state index < -0.39 is 0 Å². The van der Waals surface area contributed by atoms with E-state index in [9.17, 15) is 0 Å². The normalized spacial score (nSPS) is 12.8. The third-order valence-electron chi connectivity index (χ3n) is 3.74. The van der Waals surface area contributed by atoms with E-state index in [1.807, 2.05) is 0 Å². The smallest absolute Gasteiger partial charge is 0.135 e. The summed E-state index contributed by atoms with van der Waals surface area (Å²) in [5, 5.41) is 3.38. The van der Waals surface area contributed by atoms with Gasteiger partial charge in [-0.3, -0.25) is 0 Å². The van der Waals surface area contributed by atoms with Crippen LogP contribution in [0.2, 0.25) is 0 Å². The predicted molar refractivity (Wildman–Crippen MR) is 87.6 cm³/mol. The SMILES string of the molecule is CCCNc1cc(N(C)C(C)C(C)C)nc(C(C)C)n1. The molecule has 1 aromatic heterocycles. The van der Waals surface area contributed by atoms with Crippen LogP contribution < -0.4 is 10.2 Å². The molecule has 1 unspecified atom stereocenters. The third-order valence-corrected chi connectivity index (χ3v) is 3.74. The van der Waals surface area contributed by atoms with Crippen LogP contribution in [-0.2, 0) is 0 Å². The molecule has 0 radical (unpaired) electrons. The Balaban J connectivity index is 3.07. The average molecular weight is 278 g/mol. The highest BCUT2D eigenvalue weighted by molar-refractivity contribution is 5.50. The standard InChI is InChI=1S/C16H30N4/c1-8-9-17-14-10-15(19-16(18-14)12(4)5)20(7)13(6)11(2)3/h10-13H,8-9H2,1-7H3,(H,17,18,19). The lowest BCUT2D eigenvalue weighted by molar-refractivity contribution is 0.501. The molecule has 4 nitrogen and oxygen atoms in total. The van der Waals surface area contributed by atoms with E-state index in [2.05, 4.69) is 69.9 Å². The minimum atomic E-state index is 0.333. The van der Waals surface area contributed by atoms with Gasteiger partial charge in [0.1, 0.15) is 17.5 Å². The van der Waals surface area contributed by atoms with Gasteiger partial charge in [0.15, 0.2) is 0 Å². The molecule has 1 aromatic rings. The van der Waals surface area contributed by atoms with E-state index in [0.717, 1.165) is 30.4 Å². The maximum Gasteiger partial charge on any atom is 0.135 e. The lowest BCUT2D eigenvalue weighted by Gasteiger charge is -2.29. The summed E-state index contributed by atoms with van der Waals surface area (Å²) in [4.78, 5) is 11.6. The summed E-state index contributed by atoms with van der Waals surface area (Å²) in [5.74, 6) is 3.76. The molecule has 1 heterocycles. The molecule has 0 spiro atoms. The van der Waals surface area contributed by atoms with Gasteiger partial charge in [-0.1, -0.05) is 34.6 Å². The summed E-state index contributed by atoms with van der Waals surface area (Å²) in [6, 6.07) is 2.50. The van der Waals surface area contributed by atoms with Crippen LogP contribution in [0.4, 0.5) is 11.6 Å². The minimum Gasteiger partial charge on any atom is -0.370 e. The Morgan fingerprint density at radius 3 is 2.30 bits per heavy atom. The highest BCUT2D eigenvalue weighted by Crippen LogP contribution is 2.22. The number of hydrogen-bond acceptors (Lipinski definition) is 4. The topological polar surface area (TPSA) is 41.0 Å². The highest BCUT2D eigenvalue weighted by Gasteiger charge is 2.17. The molecule has 0 aliphatic carbocycles. The Kier molecular flexibility index (Phi) is 6.24. The van der Waals surface area contributed by atoms with Crippen LogP contribution in [0.5, 0.6) is 0 Å². The van der Waals surface area contributed by atoms with E-state index >= 15 is 0 Å². The monoisotopic (exact) mass is 278 g/mol. The summed E-state index contributed by atoms with van der Waals surface area (Å²) in [5.41, 5.74) is 0. The summed E-state index contributed by atoms with van der Waals surface area (Å²) in [6.07, 6.45) is 1.09. The second-order valence-corrected chi connectivity index (χ2v) is 6.15. The first kappa shape index (κ1) is 16.7. The van der Waals surface area contributed by atoms with Crippen molar-refractivity contribution < 1.29 is 0 Å². The molecule has 0 saturated heterocycles. The molecule has 1 atom stereocenters. The van der Waals surface area contributed by atoms with E-state index in [1.165, 1.54) is 0 Å². The van der Waals surface area contributed by atoms with Crippen LogP contribution in [0.25, 0.3) is 0 Å². The Morgan fingerprint density at radius 2 is 1.80 bits per heavy atom. The Labute approximate surface area is 124 Å². The van der Waals surface area contributed by atoms with Crippen molar-refractivity contribution in [3.8, 4) is 0 Å². The van der Waals surface area contributed by atoms with Crippen molar-refractivity contribution in [3.63, 3.8) is 0 Å². The van der Waals surface area contributed by atoms with Crippen molar-refractivity contribution >= 4 is 11.6 Å². The van der Waals surface area contributed by atoms with Crippen LogP contribution in [0.3, 0.4) is 0 Å². The molecule has 4 heteroatoms. The largest absolute Gasteiger partial charge is 0.370 e. The molecule has 0 fully saturated rings. The van der Waals surface area contributed by atoms with Gasteiger partial charge in [-0.05, 0) is 19.3 Å². The Hall–Kier alpha value is -1.32. The van der Waals surface area contributed by atoms with Gasteiger partial charge < -0.3 is 10.2 Å². The highest BCUT2D eigenvalue weighted by atomic mass is 15.2. The number of nitrogens with one attached hydrogen (secondary N) is 1. The van der Waals surface area contributed by atoms with E-state index in [1.54, 1.807) is 0 Å². The number of nitrogens with zero attached hydrogens (tertiary/aromatic N) is 3. The fourth-order valence-corrected chi connectivity index (χ4v) is 1.89. The van der Waals surface area contributed by atoms with Crippen LogP contribution >= 0.6 is 0 Å². The lowest BCUT2D eigenvalue weighted by atomic mass is 10.1. The van der Waals surface area contributed by atoms with E-state index in [0.29, 0.717) is 17.9 Å². The summed E-state index contributed by atoms with van der Waals surface area (Å²) in [7, 11) is 2.11. The van der Waals surface area contributed by atoms with Gasteiger partial charge in [-0.15, -0.1) is 0 Å². The van der Waals surface area contributed by atoms with Crippen LogP contribution in [0.15, 0.2) is 6.07 Å². The van der Waals surface area contributed by atoms with Crippen molar-refractivity contribution in [2.45, 2.75) is 59.9 Å². The first-order valence-corrected chi connectivity index (χ1v) is 7.72. The quantitative estimate of drug-likeness (QED) is 0.821. The molecule has 0 saturated carbocycles. The van der Waals surface area contributed by atoms with Crippen molar-refractivity contribution in [1.29, 1.82) is 0 Å². The Morgan fingerprint density at radius 1 is 1.15 bits per heavy atom. The maximum absolute atomic E-state index is 4.72. The van der Waals surface area contributed by atoms with Crippen LogP contribution in [0, 0.1) is 5.92 Å². The zero-order chi connectivity index (χ0) is 15.3. The lowest BCUT2D eigenvalue weighted by Crippen LogP contribution is -2.34. The molecule has 0 aliphatic rings. The second-order valence-electron chi connectivity index (χ2n) is 6.15. The molecule has 20 heavy (non-hydrogen) atoms. The van der Waals surface area contributed by atoms with E-state index in [-0.39, 0.29) is 0 Å². The molecule has 114 valence electrons. The number of rotatable bonds is 7. The third kappa shape index (κ3) is 4.36. The minimum absolute atomic E-state index is 0.333. The fraction of sp³-hybridized carbons (Fsp3) is 0.750. The van der Waals surface area contributed by atoms with Crippen molar-refractivity contribution in [2.75, 3.05) is 23.8 Å². The van der Waals surface area contributed by atoms with Gasteiger partial charge in [-0.2, -0.15) is 0 Å². The zero-order valence-corrected chi connectivity index (χ0v) is 14.1. The fourth-order valence-electron chi connectivity index (χ4n) is 1.89. The first-order chi connectivity index (χ1) is 9.36. The first-order valence-electron chi connectivity index (χ1n) is 7.72. The summed E-state index contributed by atoms with van der Waals surface area (Å²) in [6.45, 7) is 14.1. The van der Waals surface area contributed by atoms with Gasteiger partial charge in [0.05, 0.1) is 0 Å². The average Bonchev–Trinajstić information content (AvgIpc) is 2.42. The Bertz CT molecular complexity index is 415.